The summed E-state index contributed by atoms with van der Waals surface area (Å²) in [5.41, 5.74) is 0.712. The smallest absolute Gasteiger partial charge is 0.266 e. The van der Waals surface area contributed by atoms with E-state index in [1.807, 2.05) is 0 Å². The zero-order valence-corrected chi connectivity index (χ0v) is 14.3. The Morgan fingerprint density at radius 3 is 2.57 bits per heavy atom. The van der Waals surface area contributed by atoms with Crippen molar-refractivity contribution < 1.29 is 24.2 Å². The van der Waals surface area contributed by atoms with E-state index in [1.165, 1.54) is 21.1 Å². The minimum Gasteiger partial charge on any atom is -0.548 e. The third-order valence-electron chi connectivity index (χ3n) is 3.26. The molecule has 0 saturated carbocycles. The van der Waals surface area contributed by atoms with Gasteiger partial charge >= 0.3 is 0 Å². The molecule has 1 amide bonds. The topological polar surface area (TPSA) is 78.9 Å². The summed E-state index contributed by atoms with van der Waals surface area (Å²) in [7, 11) is 3.05. The van der Waals surface area contributed by atoms with Crippen LogP contribution >= 0.6 is 24.0 Å². The highest BCUT2D eigenvalue weighted by Crippen LogP contribution is 2.35. The van der Waals surface area contributed by atoms with Crippen LogP contribution in [-0.4, -0.2) is 41.4 Å². The molecule has 1 aromatic rings. The number of carbonyl (C=O) groups is 2. The highest BCUT2D eigenvalue weighted by molar-refractivity contribution is 8.26. The van der Waals surface area contributed by atoms with Gasteiger partial charge in [-0.3, -0.25) is 9.69 Å². The van der Waals surface area contributed by atoms with Crippen LogP contribution in [0.25, 0.3) is 6.08 Å². The van der Waals surface area contributed by atoms with Gasteiger partial charge in [0, 0.05) is 0 Å². The molecule has 0 N–H and O–H groups in total. The summed E-state index contributed by atoms with van der Waals surface area (Å²) in [6, 6.07) is 4.08. The van der Waals surface area contributed by atoms with Crippen LogP contribution in [-0.2, 0) is 9.59 Å². The number of carboxylic acid groups (broad SMARTS) is 1. The van der Waals surface area contributed by atoms with E-state index < -0.39 is 17.9 Å². The van der Waals surface area contributed by atoms with Crippen LogP contribution in [0, 0.1) is 0 Å². The van der Waals surface area contributed by atoms with Crippen molar-refractivity contribution in [2.45, 2.75) is 13.0 Å². The molecular formula is C15H14NO5S2-. The predicted molar refractivity (Wildman–Crippen MR) is 89.0 cm³/mol. The summed E-state index contributed by atoms with van der Waals surface area (Å²) in [5, 5.41) is 11.0. The highest BCUT2D eigenvalue weighted by atomic mass is 32.2. The lowest BCUT2D eigenvalue weighted by atomic mass is 10.1. The van der Waals surface area contributed by atoms with Gasteiger partial charge in [-0.15, -0.1) is 0 Å². The molecule has 8 heteroatoms. The number of thioether (sulfide) groups is 1. The maximum atomic E-state index is 12.3. The van der Waals surface area contributed by atoms with Gasteiger partial charge < -0.3 is 19.4 Å². The van der Waals surface area contributed by atoms with Crippen LogP contribution in [0.3, 0.4) is 0 Å². The van der Waals surface area contributed by atoms with Gasteiger partial charge in [0.25, 0.3) is 5.91 Å². The van der Waals surface area contributed by atoms with Crippen LogP contribution in [0.2, 0.25) is 0 Å². The minimum absolute atomic E-state index is 0.193. The van der Waals surface area contributed by atoms with Crippen LogP contribution in [0.1, 0.15) is 12.5 Å². The van der Waals surface area contributed by atoms with Crippen molar-refractivity contribution in [3.05, 3.63) is 28.7 Å². The van der Waals surface area contributed by atoms with Gasteiger partial charge in [0.1, 0.15) is 4.32 Å². The fraction of sp³-hybridized carbons (Fsp3) is 0.267. The number of hydrogen-bond donors (Lipinski definition) is 0. The molecule has 0 aromatic heterocycles. The van der Waals surface area contributed by atoms with Crippen LogP contribution in [0.4, 0.5) is 0 Å². The Labute approximate surface area is 143 Å². The molecule has 0 aliphatic carbocycles. The first kappa shape index (κ1) is 17.3. The predicted octanol–water partition coefficient (Wildman–Crippen LogP) is 1.04. The largest absolute Gasteiger partial charge is 0.548 e. The van der Waals surface area contributed by atoms with E-state index in [2.05, 4.69) is 0 Å². The van der Waals surface area contributed by atoms with Gasteiger partial charge in [-0.2, -0.15) is 0 Å². The summed E-state index contributed by atoms with van der Waals surface area (Å²) in [5.74, 6) is -0.706. The van der Waals surface area contributed by atoms with Crippen LogP contribution in [0.15, 0.2) is 23.1 Å². The maximum absolute atomic E-state index is 12.3. The van der Waals surface area contributed by atoms with E-state index >= 15 is 0 Å². The van der Waals surface area contributed by atoms with Gasteiger partial charge in [0.15, 0.2) is 11.5 Å². The third kappa shape index (κ3) is 3.48. The van der Waals surface area contributed by atoms with Gasteiger partial charge in [0.05, 0.1) is 31.1 Å². The Bertz CT molecular complexity index is 701. The lowest BCUT2D eigenvalue weighted by Gasteiger charge is -2.23. The molecule has 0 spiro atoms. The highest BCUT2D eigenvalue weighted by Gasteiger charge is 2.35. The van der Waals surface area contributed by atoms with Crippen molar-refractivity contribution in [3.8, 4) is 11.5 Å². The van der Waals surface area contributed by atoms with E-state index in [-0.39, 0.29) is 4.32 Å². The number of methoxy groups -OCH3 is 2. The summed E-state index contributed by atoms with van der Waals surface area (Å²) in [6.07, 6.45) is 1.63. The first-order valence-electron chi connectivity index (χ1n) is 6.59. The van der Waals surface area contributed by atoms with Gasteiger partial charge in [0.2, 0.25) is 0 Å². The number of ether oxygens (including phenoxy) is 2. The minimum atomic E-state index is -1.35. The van der Waals surface area contributed by atoms with E-state index in [0.717, 1.165) is 16.7 Å². The molecule has 1 aliphatic rings. The number of amides is 1. The standard InChI is InChI=1S/C15H15NO5S2/c1-8(14(18)19)16-13(17)12(23-15(16)22)7-9-4-5-10(20-2)11(6-9)21-3/h4-8H,1-3H3,(H,18,19)/p-1/b12-7-/t8-/m0/s1. The zero-order valence-electron chi connectivity index (χ0n) is 12.7. The lowest BCUT2D eigenvalue weighted by Crippen LogP contribution is -2.48. The number of aliphatic carboxylic acids is 1. The van der Waals surface area contributed by atoms with Gasteiger partial charge in [-0.1, -0.05) is 30.0 Å². The first-order chi connectivity index (χ1) is 10.9. The van der Waals surface area contributed by atoms with Crippen molar-refractivity contribution in [2.75, 3.05) is 14.2 Å². The average Bonchev–Trinajstić information content (AvgIpc) is 2.80. The van der Waals surface area contributed by atoms with E-state index in [1.54, 1.807) is 24.3 Å². The lowest BCUT2D eigenvalue weighted by molar-refractivity contribution is -0.309. The van der Waals surface area contributed by atoms with E-state index in [4.69, 9.17) is 21.7 Å². The molecule has 122 valence electrons. The average molecular weight is 352 g/mol. The van der Waals surface area contributed by atoms with E-state index in [9.17, 15) is 14.7 Å². The fourth-order valence-corrected chi connectivity index (χ4v) is 3.43. The van der Waals surface area contributed by atoms with Crippen molar-refractivity contribution in [1.29, 1.82) is 0 Å². The summed E-state index contributed by atoms with van der Waals surface area (Å²) in [4.78, 5) is 24.7. The Hall–Kier alpha value is -2.06. The quantitative estimate of drug-likeness (QED) is 0.579. The number of benzene rings is 1. The Morgan fingerprint density at radius 2 is 2.00 bits per heavy atom. The first-order valence-corrected chi connectivity index (χ1v) is 7.81. The molecule has 6 nitrogen and oxygen atoms in total. The Morgan fingerprint density at radius 1 is 1.35 bits per heavy atom. The van der Waals surface area contributed by atoms with Crippen molar-refractivity contribution in [2.24, 2.45) is 0 Å². The zero-order chi connectivity index (χ0) is 17.1. The van der Waals surface area contributed by atoms with Crippen molar-refractivity contribution in [3.63, 3.8) is 0 Å². The second-order valence-electron chi connectivity index (χ2n) is 4.66. The molecule has 1 saturated heterocycles. The Balaban J connectivity index is 2.32. The Kier molecular flexibility index (Phi) is 5.27. The van der Waals surface area contributed by atoms with Crippen molar-refractivity contribution in [1.82, 2.24) is 4.90 Å². The maximum Gasteiger partial charge on any atom is 0.266 e. The number of rotatable bonds is 5. The molecule has 2 rings (SSSR count). The number of thiocarbonyl (C=S) groups is 1. The molecule has 1 aromatic carbocycles. The molecule has 1 fully saturated rings. The number of nitrogens with zero attached hydrogens (tertiary/aromatic N) is 1. The second kappa shape index (κ2) is 7.01. The summed E-state index contributed by atoms with van der Waals surface area (Å²) < 4.78 is 10.6. The molecule has 23 heavy (non-hydrogen) atoms. The summed E-state index contributed by atoms with van der Waals surface area (Å²) >= 11 is 6.14. The number of carbonyl (C=O) groups excluding carboxylic acids is 2. The fourth-order valence-electron chi connectivity index (χ4n) is 2.01. The van der Waals surface area contributed by atoms with Gasteiger partial charge in [-0.05, 0) is 30.7 Å². The summed E-state index contributed by atoms with van der Waals surface area (Å²) in [6.45, 7) is 1.36. The molecule has 0 bridgehead atoms. The van der Waals surface area contributed by atoms with Gasteiger partial charge in [-0.25, -0.2) is 0 Å². The van der Waals surface area contributed by atoms with Crippen LogP contribution < -0.4 is 14.6 Å². The van der Waals surface area contributed by atoms with Crippen molar-refractivity contribution >= 4 is 46.3 Å². The molecule has 1 aliphatic heterocycles. The molecule has 1 heterocycles. The SMILES string of the molecule is COc1ccc(/C=C2\SC(=S)N([C@@H](C)C(=O)[O-])C2=O)cc1OC. The number of carboxylic acids is 1. The number of hydrogen-bond acceptors (Lipinski definition) is 7. The molecule has 1 atom stereocenters. The third-order valence-corrected chi connectivity index (χ3v) is 4.59. The van der Waals surface area contributed by atoms with Crippen LogP contribution in [0.5, 0.6) is 11.5 Å². The second-order valence-corrected chi connectivity index (χ2v) is 6.34. The molecule has 0 unspecified atom stereocenters. The monoisotopic (exact) mass is 352 g/mol. The molecular weight excluding hydrogens is 338 g/mol. The van der Waals surface area contributed by atoms with E-state index in [0.29, 0.717) is 22.0 Å². The normalized spacial score (nSPS) is 17.5. The molecule has 0 radical (unpaired) electrons.